The first-order valence-electron chi connectivity index (χ1n) is 6.41. The van der Waals surface area contributed by atoms with E-state index in [0.29, 0.717) is 5.92 Å². The molecule has 2 nitrogen and oxygen atoms in total. The zero-order chi connectivity index (χ0) is 13.4. The SMILES string of the molecule is Cc1ccc(Sc2cc(Br)nc(C3CC3)n2)c(C)c1. The molecule has 0 radical (unpaired) electrons. The minimum absolute atomic E-state index is 0.580. The molecule has 0 saturated heterocycles. The number of halogens is 1. The highest BCUT2D eigenvalue weighted by molar-refractivity contribution is 9.10. The van der Waals surface area contributed by atoms with Crippen molar-refractivity contribution in [3.05, 3.63) is 45.8 Å². The second kappa shape index (κ2) is 5.25. The fourth-order valence-electron chi connectivity index (χ4n) is 2.02. The summed E-state index contributed by atoms with van der Waals surface area (Å²) in [4.78, 5) is 10.4. The number of hydrogen-bond donors (Lipinski definition) is 0. The van der Waals surface area contributed by atoms with Gasteiger partial charge in [0.25, 0.3) is 0 Å². The molecule has 98 valence electrons. The highest BCUT2D eigenvalue weighted by Gasteiger charge is 2.27. The van der Waals surface area contributed by atoms with Crippen molar-refractivity contribution in [1.29, 1.82) is 0 Å². The van der Waals surface area contributed by atoms with Crippen molar-refractivity contribution in [1.82, 2.24) is 9.97 Å². The van der Waals surface area contributed by atoms with Crippen LogP contribution < -0.4 is 0 Å². The quantitative estimate of drug-likeness (QED) is 0.747. The van der Waals surface area contributed by atoms with Crippen molar-refractivity contribution in [3.8, 4) is 0 Å². The summed E-state index contributed by atoms with van der Waals surface area (Å²) in [6, 6.07) is 8.52. The van der Waals surface area contributed by atoms with Crippen molar-refractivity contribution < 1.29 is 0 Å². The molecule has 0 amide bonds. The van der Waals surface area contributed by atoms with Crippen LogP contribution in [0, 0.1) is 13.8 Å². The minimum Gasteiger partial charge on any atom is -0.226 e. The van der Waals surface area contributed by atoms with Gasteiger partial charge < -0.3 is 0 Å². The third-order valence-corrected chi connectivity index (χ3v) is 4.68. The molecule has 1 aromatic carbocycles. The zero-order valence-corrected chi connectivity index (χ0v) is 13.4. The highest BCUT2D eigenvalue weighted by Crippen LogP contribution is 2.40. The van der Waals surface area contributed by atoms with E-state index in [4.69, 9.17) is 0 Å². The molecule has 0 unspecified atom stereocenters. The van der Waals surface area contributed by atoms with Crippen LogP contribution in [-0.4, -0.2) is 9.97 Å². The third-order valence-electron chi connectivity index (χ3n) is 3.18. The van der Waals surface area contributed by atoms with Gasteiger partial charge in [-0.15, -0.1) is 0 Å². The van der Waals surface area contributed by atoms with Crippen LogP contribution in [0.1, 0.15) is 35.7 Å². The second-order valence-electron chi connectivity index (χ2n) is 5.03. The van der Waals surface area contributed by atoms with E-state index in [2.05, 4.69) is 57.9 Å². The van der Waals surface area contributed by atoms with Gasteiger partial charge >= 0.3 is 0 Å². The molecular formula is C15H15BrN2S. The Bertz CT molecular complexity index is 624. The number of aromatic nitrogens is 2. The van der Waals surface area contributed by atoms with Gasteiger partial charge in [-0.05, 0) is 54.2 Å². The predicted octanol–water partition coefficient (Wildman–Crippen LogP) is 4.88. The summed E-state index contributed by atoms with van der Waals surface area (Å²) in [5.74, 6) is 1.57. The molecule has 4 heteroatoms. The van der Waals surface area contributed by atoms with E-state index in [1.54, 1.807) is 11.8 Å². The van der Waals surface area contributed by atoms with E-state index in [0.717, 1.165) is 15.5 Å². The zero-order valence-electron chi connectivity index (χ0n) is 11.0. The molecule has 0 N–H and O–H groups in total. The average Bonchev–Trinajstić information content (AvgIpc) is 3.16. The van der Waals surface area contributed by atoms with E-state index in [1.807, 2.05) is 6.07 Å². The van der Waals surface area contributed by atoms with Crippen LogP contribution >= 0.6 is 27.7 Å². The first-order chi connectivity index (χ1) is 9.11. The van der Waals surface area contributed by atoms with Gasteiger partial charge in [-0.2, -0.15) is 0 Å². The Kier molecular flexibility index (Phi) is 3.63. The Labute approximate surface area is 126 Å². The monoisotopic (exact) mass is 334 g/mol. The second-order valence-corrected chi connectivity index (χ2v) is 6.91. The number of aryl methyl sites for hydroxylation is 2. The summed E-state index contributed by atoms with van der Waals surface area (Å²) >= 11 is 5.20. The Morgan fingerprint density at radius 1 is 1.16 bits per heavy atom. The van der Waals surface area contributed by atoms with Crippen LogP contribution in [0.3, 0.4) is 0 Å². The normalized spacial score (nSPS) is 14.7. The molecule has 1 aliphatic rings. The van der Waals surface area contributed by atoms with E-state index in [-0.39, 0.29) is 0 Å². The summed E-state index contributed by atoms with van der Waals surface area (Å²) in [5, 5.41) is 1.02. The van der Waals surface area contributed by atoms with Gasteiger partial charge in [0.1, 0.15) is 15.5 Å². The summed E-state index contributed by atoms with van der Waals surface area (Å²) < 4.78 is 0.886. The van der Waals surface area contributed by atoms with Crippen molar-refractivity contribution >= 4 is 27.7 Å². The molecule has 1 aliphatic carbocycles. The van der Waals surface area contributed by atoms with Crippen molar-refractivity contribution in [2.75, 3.05) is 0 Å². The Balaban J connectivity index is 1.89. The molecule has 19 heavy (non-hydrogen) atoms. The van der Waals surface area contributed by atoms with Gasteiger partial charge in [0.05, 0.1) is 0 Å². The first-order valence-corrected chi connectivity index (χ1v) is 8.02. The topological polar surface area (TPSA) is 25.8 Å². The van der Waals surface area contributed by atoms with Gasteiger partial charge in [-0.25, -0.2) is 9.97 Å². The molecule has 1 heterocycles. The summed E-state index contributed by atoms with van der Waals surface area (Å²) in [6.45, 7) is 4.27. The van der Waals surface area contributed by atoms with Gasteiger partial charge in [-0.3, -0.25) is 0 Å². The number of rotatable bonds is 3. The smallest absolute Gasteiger partial charge is 0.134 e. The Morgan fingerprint density at radius 2 is 1.95 bits per heavy atom. The largest absolute Gasteiger partial charge is 0.226 e. The third kappa shape index (κ3) is 3.18. The molecule has 1 fully saturated rings. The van der Waals surface area contributed by atoms with E-state index >= 15 is 0 Å². The van der Waals surface area contributed by atoms with Gasteiger partial charge in [-0.1, -0.05) is 29.5 Å². The van der Waals surface area contributed by atoms with Crippen LogP contribution in [0.5, 0.6) is 0 Å². The molecule has 1 saturated carbocycles. The summed E-state index contributed by atoms with van der Waals surface area (Å²) in [7, 11) is 0. The van der Waals surface area contributed by atoms with Crippen LogP contribution in [0.25, 0.3) is 0 Å². The van der Waals surface area contributed by atoms with Crippen molar-refractivity contribution in [2.45, 2.75) is 42.5 Å². The van der Waals surface area contributed by atoms with E-state index in [9.17, 15) is 0 Å². The molecule has 0 atom stereocenters. The lowest BCUT2D eigenvalue weighted by molar-refractivity contribution is 0.866. The van der Waals surface area contributed by atoms with E-state index in [1.165, 1.54) is 28.9 Å². The van der Waals surface area contributed by atoms with Crippen molar-refractivity contribution in [2.24, 2.45) is 0 Å². The molecule has 2 aromatic rings. The first kappa shape index (κ1) is 13.1. The number of hydrogen-bond acceptors (Lipinski definition) is 3. The lowest BCUT2D eigenvalue weighted by Gasteiger charge is -2.07. The lowest BCUT2D eigenvalue weighted by atomic mass is 10.2. The van der Waals surface area contributed by atoms with Gasteiger partial charge in [0, 0.05) is 16.9 Å². The molecule has 0 bridgehead atoms. The molecule has 3 rings (SSSR count). The molecule has 1 aromatic heterocycles. The minimum atomic E-state index is 0.580. The maximum absolute atomic E-state index is 4.68. The fourth-order valence-corrected chi connectivity index (χ4v) is 3.46. The highest BCUT2D eigenvalue weighted by atomic mass is 79.9. The number of nitrogens with zero attached hydrogens (tertiary/aromatic N) is 2. The molecular weight excluding hydrogens is 320 g/mol. The summed E-state index contributed by atoms with van der Waals surface area (Å²) in [6.07, 6.45) is 2.45. The average molecular weight is 335 g/mol. The lowest BCUT2D eigenvalue weighted by Crippen LogP contribution is -1.95. The fraction of sp³-hybridized carbons (Fsp3) is 0.333. The van der Waals surface area contributed by atoms with Crippen LogP contribution in [-0.2, 0) is 0 Å². The maximum atomic E-state index is 4.68. The van der Waals surface area contributed by atoms with Crippen LogP contribution in [0.2, 0.25) is 0 Å². The van der Waals surface area contributed by atoms with Crippen LogP contribution in [0.4, 0.5) is 0 Å². The summed E-state index contributed by atoms with van der Waals surface area (Å²) in [5.41, 5.74) is 2.59. The Morgan fingerprint density at radius 3 is 2.63 bits per heavy atom. The van der Waals surface area contributed by atoms with Gasteiger partial charge in [0.15, 0.2) is 0 Å². The molecule has 0 spiro atoms. The van der Waals surface area contributed by atoms with Gasteiger partial charge in [0.2, 0.25) is 0 Å². The molecule has 0 aliphatic heterocycles. The predicted molar refractivity (Wildman–Crippen MR) is 81.7 cm³/mol. The Hall–Kier alpha value is -0.870. The standard InChI is InChI=1S/C15H15BrN2S/c1-9-3-6-12(10(2)7-9)19-14-8-13(16)17-15(18-14)11-4-5-11/h3,6-8,11H,4-5H2,1-2H3. The van der Waals surface area contributed by atoms with E-state index < -0.39 is 0 Å². The number of benzene rings is 1. The maximum Gasteiger partial charge on any atom is 0.134 e. The van der Waals surface area contributed by atoms with Crippen LogP contribution in [0.15, 0.2) is 38.8 Å². The van der Waals surface area contributed by atoms with Crippen molar-refractivity contribution in [3.63, 3.8) is 0 Å².